The fourth-order valence-electron chi connectivity index (χ4n) is 2.77. The lowest BCUT2D eigenvalue weighted by Crippen LogP contribution is -2.11. The summed E-state index contributed by atoms with van der Waals surface area (Å²) in [6.07, 6.45) is 1.97. The first-order chi connectivity index (χ1) is 12.6. The predicted octanol–water partition coefficient (Wildman–Crippen LogP) is 4.45. The van der Waals surface area contributed by atoms with Gasteiger partial charge in [0.2, 0.25) is 5.95 Å². The molecule has 0 aliphatic rings. The average molecular weight is 350 g/mol. The van der Waals surface area contributed by atoms with Crippen molar-refractivity contribution < 1.29 is 5.11 Å². The monoisotopic (exact) mass is 350 g/mol. The summed E-state index contributed by atoms with van der Waals surface area (Å²) in [6.45, 7) is 5.99. The van der Waals surface area contributed by atoms with Crippen LogP contribution in [0.3, 0.4) is 0 Å². The maximum Gasteiger partial charge on any atom is 0.225 e. The first kappa shape index (κ1) is 18.0. The molecule has 26 heavy (non-hydrogen) atoms. The van der Waals surface area contributed by atoms with Gasteiger partial charge in [-0.15, -0.1) is 0 Å². The number of fused-ring (bicyclic) bond motifs is 1. The van der Waals surface area contributed by atoms with Gasteiger partial charge in [0.15, 0.2) is 0 Å². The predicted molar refractivity (Wildman–Crippen MR) is 108 cm³/mol. The molecule has 3 aromatic rings. The fraction of sp³-hybridized carbons (Fsp3) is 0.333. The maximum atomic E-state index is 9.83. The number of rotatable bonds is 8. The van der Waals surface area contributed by atoms with Gasteiger partial charge in [-0.2, -0.15) is 4.98 Å². The van der Waals surface area contributed by atoms with Gasteiger partial charge in [0.25, 0.3) is 0 Å². The lowest BCUT2D eigenvalue weighted by Gasteiger charge is -2.13. The van der Waals surface area contributed by atoms with Gasteiger partial charge in [0, 0.05) is 18.5 Å². The summed E-state index contributed by atoms with van der Waals surface area (Å²) in [6, 6.07) is 15.5. The number of nitrogens with zero attached hydrogens (tertiary/aromatic N) is 2. The van der Waals surface area contributed by atoms with Crippen LogP contribution in [0.4, 0.5) is 11.8 Å². The lowest BCUT2D eigenvalue weighted by molar-refractivity contribution is 0.476. The van der Waals surface area contributed by atoms with Crippen LogP contribution in [-0.4, -0.2) is 28.2 Å². The highest BCUT2D eigenvalue weighted by Gasteiger charge is 2.09. The van der Waals surface area contributed by atoms with Crippen LogP contribution in [0.15, 0.2) is 48.5 Å². The first-order valence-electron chi connectivity index (χ1n) is 9.14. The molecule has 0 saturated carbocycles. The zero-order valence-corrected chi connectivity index (χ0v) is 15.4. The van der Waals surface area contributed by atoms with Crippen molar-refractivity contribution in [3.63, 3.8) is 0 Å². The summed E-state index contributed by atoms with van der Waals surface area (Å²) in [4.78, 5) is 9.19. The molecular weight excluding hydrogens is 324 g/mol. The molecule has 2 aromatic carbocycles. The highest BCUT2D eigenvalue weighted by Crippen LogP contribution is 2.26. The third kappa shape index (κ3) is 4.85. The Hall–Kier alpha value is -2.82. The summed E-state index contributed by atoms with van der Waals surface area (Å²) >= 11 is 0. The zero-order valence-electron chi connectivity index (χ0n) is 15.4. The number of nitrogens with one attached hydrogen (secondary N) is 2. The highest BCUT2D eigenvalue weighted by molar-refractivity contribution is 5.91. The molecule has 0 amide bonds. The Morgan fingerprint density at radius 3 is 2.54 bits per heavy atom. The molecule has 0 atom stereocenters. The lowest BCUT2D eigenvalue weighted by atomic mass is 10.1. The van der Waals surface area contributed by atoms with Crippen LogP contribution in [0.1, 0.15) is 25.8 Å². The molecule has 0 aliphatic heterocycles. The van der Waals surface area contributed by atoms with E-state index in [9.17, 15) is 5.11 Å². The Labute approximate surface area is 154 Å². The van der Waals surface area contributed by atoms with E-state index in [0.29, 0.717) is 11.9 Å². The van der Waals surface area contributed by atoms with Crippen molar-refractivity contribution in [1.82, 2.24) is 9.97 Å². The van der Waals surface area contributed by atoms with Crippen molar-refractivity contribution in [2.75, 3.05) is 23.7 Å². The van der Waals surface area contributed by atoms with Crippen molar-refractivity contribution in [3.8, 4) is 5.75 Å². The van der Waals surface area contributed by atoms with Crippen molar-refractivity contribution in [2.45, 2.75) is 26.7 Å². The normalized spacial score (nSPS) is 11.0. The van der Waals surface area contributed by atoms with Gasteiger partial charge in [-0.1, -0.05) is 44.2 Å². The van der Waals surface area contributed by atoms with Gasteiger partial charge in [-0.25, -0.2) is 4.98 Å². The van der Waals surface area contributed by atoms with Crippen LogP contribution in [0, 0.1) is 5.92 Å². The maximum absolute atomic E-state index is 9.83. The van der Waals surface area contributed by atoms with E-state index in [1.165, 1.54) is 5.56 Å². The van der Waals surface area contributed by atoms with Gasteiger partial charge in [-0.3, -0.25) is 0 Å². The molecular formula is C21H26N4O. The van der Waals surface area contributed by atoms with E-state index in [-0.39, 0.29) is 5.75 Å². The summed E-state index contributed by atoms with van der Waals surface area (Å²) in [5, 5.41) is 17.4. The molecule has 0 aliphatic carbocycles. The minimum Gasteiger partial charge on any atom is -0.508 e. The third-order valence-corrected chi connectivity index (χ3v) is 4.23. The quantitative estimate of drug-likeness (QED) is 0.560. The summed E-state index contributed by atoms with van der Waals surface area (Å²) in [7, 11) is 0. The standard InChI is InChI=1S/C21H26N4O/c1-15(2)10-12-23-21-24-19-9-8-17(26)14-18(19)20(25-21)22-13-11-16-6-4-3-5-7-16/h3-9,14-15,26H,10-13H2,1-2H3,(H2,22,23,24,25). The molecule has 5 heteroatoms. The Bertz CT molecular complexity index is 849. The molecule has 0 fully saturated rings. The molecule has 0 bridgehead atoms. The van der Waals surface area contributed by atoms with E-state index >= 15 is 0 Å². The molecule has 0 unspecified atom stereocenters. The SMILES string of the molecule is CC(C)CCNc1nc(NCCc2ccccc2)c2cc(O)ccc2n1. The van der Waals surface area contributed by atoms with E-state index in [0.717, 1.165) is 42.7 Å². The highest BCUT2D eigenvalue weighted by atomic mass is 16.3. The van der Waals surface area contributed by atoms with E-state index in [1.54, 1.807) is 12.1 Å². The van der Waals surface area contributed by atoms with E-state index in [1.807, 2.05) is 24.3 Å². The largest absolute Gasteiger partial charge is 0.508 e. The number of benzene rings is 2. The van der Waals surface area contributed by atoms with Crippen LogP contribution in [-0.2, 0) is 6.42 Å². The second-order valence-electron chi connectivity index (χ2n) is 6.87. The Morgan fingerprint density at radius 2 is 1.77 bits per heavy atom. The molecule has 1 heterocycles. The number of aromatic hydroxyl groups is 1. The fourth-order valence-corrected chi connectivity index (χ4v) is 2.77. The van der Waals surface area contributed by atoms with Crippen molar-refractivity contribution in [3.05, 3.63) is 54.1 Å². The minimum atomic E-state index is 0.215. The van der Waals surface area contributed by atoms with Crippen LogP contribution in [0.2, 0.25) is 0 Å². The van der Waals surface area contributed by atoms with E-state index in [4.69, 9.17) is 0 Å². The Kier molecular flexibility index (Phi) is 5.89. The molecule has 0 saturated heterocycles. The summed E-state index contributed by atoms with van der Waals surface area (Å²) in [5.41, 5.74) is 2.09. The number of phenols is 1. The smallest absolute Gasteiger partial charge is 0.225 e. The van der Waals surface area contributed by atoms with Gasteiger partial charge in [0.05, 0.1) is 5.52 Å². The Balaban J connectivity index is 1.77. The molecule has 0 radical (unpaired) electrons. The number of hydrogen-bond donors (Lipinski definition) is 3. The summed E-state index contributed by atoms with van der Waals surface area (Å²) in [5.74, 6) is 2.20. The molecule has 1 aromatic heterocycles. The molecule has 5 nitrogen and oxygen atoms in total. The number of anilines is 2. The Morgan fingerprint density at radius 1 is 0.962 bits per heavy atom. The van der Waals surface area contributed by atoms with Gasteiger partial charge in [-0.05, 0) is 42.5 Å². The van der Waals surface area contributed by atoms with E-state index in [2.05, 4.69) is 46.6 Å². The van der Waals surface area contributed by atoms with Crippen LogP contribution in [0.25, 0.3) is 10.9 Å². The number of hydrogen-bond acceptors (Lipinski definition) is 5. The zero-order chi connectivity index (χ0) is 18.4. The minimum absolute atomic E-state index is 0.215. The van der Waals surface area contributed by atoms with Gasteiger partial charge >= 0.3 is 0 Å². The number of aromatic nitrogens is 2. The van der Waals surface area contributed by atoms with E-state index < -0.39 is 0 Å². The van der Waals surface area contributed by atoms with Crippen molar-refractivity contribution in [2.24, 2.45) is 5.92 Å². The molecule has 0 spiro atoms. The molecule has 3 rings (SSSR count). The molecule has 3 N–H and O–H groups in total. The molecule has 136 valence electrons. The van der Waals surface area contributed by atoms with Gasteiger partial charge in [0.1, 0.15) is 11.6 Å². The average Bonchev–Trinajstić information content (AvgIpc) is 2.63. The summed E-state index contributed by atoms with van der Waals surface area (Å²) < 4.78 is 0. The topological polar surface area (TPSA) is 70.1 Å². The third-order valence-electron chi connectivity index (χ3n) is 4.23. The van der Waals surface area contributed by atoms with Crippen LogP contribution >= 0.6 is 0 Å². The van der Waals surface area contributed by atoms with Crippen LogP contribution in [0.5, 0.6) is 5.75 Å². The van der Waals surface area contributed by atoms with Crippen molar-refractivity contribution >= 4 is 22.7 Å². The second-order valence-corrected chi connectivity index (χ2v) is 6.87. The second kappa shape index (κ2) is 8.52. The first-order valence-corrected chi connectivity index (χ1v) is 9.14. The van der Waals surface area contributed by atoms with Crippen molar-refractivity contribution in [1.29, 1.82) is 0 Å². The van der Waals surface area contributed by atoms with Crippen LogP contribution < -0.4 is 10.6 Å². The van der Waals surface area contributed by atoms with Gasteiger partial charge < -0.3 is 15.7 Å². The number of phenolic OH excluding ortho intramolecular Hbond substituents is 1.